The zero-order valence-corrected chi connectivity index (χ0v) is 25.1. The van der Waals surface area contributed by atoms with Gasteiger partial charge in [0, 0.05) is 20.8 Å². The molecule has 2 amide bonds. The molecule has 0 aliphatic heterocycles. The first-order valence-electron chi connectivity index (χ1n) is 11.4. The van der Waals surface area contributed by atoms with Crippen LogP contribution in [0, 0.1) is 23.3 Å². The Hall–Kier alpha value is -1.82. The van der Waals surface area contributed by atoms with E-state index in [4.69, 9.17) is 23.2 Å². The third kappa shape index (κ3) is 6.93. The molecule has 11 heteroatoms. The fraction of sp³-hybridized carbons (Fsp3) is 0.360. The van der Waals surface area contributed by atoms with Crippen molar-refractivity contribution in [1.82, 2.24) is 20.1 Å². The van der Waals surface area contributed by atoms with Crippen LogP contribution < -0.4 is 10.6 Å². The molecule has 1 aromatic heterocycles. The summed E-state index contributed by atoms with van der Waals surface area (Å²) in [5.74, 6) is 0.395. The highest BCUT2D eigenvalue weighted by Gasteiger charge is 2.27. The number of carbonyl (C=O) groups excluding carboxylic acids is 2. The van der Waals surface area contributed by atoms with E-state index in [-0.39, 0.29) is 28.5 Å². The average Bonchev–Trinajstić information content (AvgIpc) is 3.20. The van der Waals surface area contributed by atoms with Crippen molar-refractivity contribution in [3.05, 3.63) is 66.5 Å². The fourth-order valence-corrected chi connectivity index (χ4v) is 6.01. The van der Waals surface area contributed by atoms with Gasteiger partial charge in [0.25, 0.3) is 5.91 Å². The summed E-state index contributed by atoms with van der Waals surface area (Å²) in [5, 5.41) is 16.1. The number of nitrogens with one attached hydrogen (secondary N) is 2. The number of hydrogen-bond acceptors (Lipinski definition) is 5. The van der Waals surface area contributed by atoms with E-state index in [2.05, 4.69) is 43.4 Å². The number of amides is 2. The number of benzene rings is 2. The maximum absolute atomic E-state index is 13.0. The smallest absolute Gasteiger partial charge is 0.253 e. The van der Waals surface area contributed by atoms with Crippen molar-refractivity contribution < 1.29 is 9.59 Å². The Morgan fingerprint density at radius 2 is 1.78 bits per heavy atom. The topological polar surface area (TPSA) is 88.9 Å². The first-order valence-corrected chi connectivity index (χ1v) is 14.2. The fourth-order valence-electron chi connectivity index (χ4n) is 3.77. The molecule has 0 bridgehead atoms. The standard InChI is InChI=1S/C25H28Cl2IN5O2S/c1-6-33-23(21(13(2)3)30-24(35)18-8-7-16(26)11-19(18)27)31-32-25(33)36-12-20(34)29-22-14(4)9-17(28)10-15(22)5/h7-11,13,21H,6,12H2,1-5H3,(H,29,34)(H,30,35)/t21-/m1/s1. The van der Waals surface area contributed by atoms with Crippen molar-refractivity contribution in [2.45, 2.75) is 52.4 Å². The van der Waals surface area contributed by atoms with Crippen molar-refractivity contribution >= 4 is 75.1 Å². The minimum Gasteiger partial charge on any atom is -0.342 e. The summed E-state index contributed by atoms with van der Waals surface area (Å²) < 4.78 is 3.05. The average molecular weight is 660 g/mol. The van der Waals surface area contributed by atoms with Crippen LogP contribution in [0.5, 0.6) is 0 Å². The van der Waals surface area contributed by atoms with Crippen LogP contribution in [0.2, 0.25) is 10.0 Å². The molecule has 2 aromatic carbocycles. The summed E-state index contributed by atoms with van der Waals surface area (Å²) in [6.07, 6.45) is 0. The highest BCUT2D eigenvalue weighted by Crippen LogP contribution is 2.28. The van der Waals surface area contributed by atoms with E-state index < -0.39 is 6.04 Å². The van der Waals surface area contributed by atoms with Gasteiger partial charge in [-0.05, 0) is 90.7 Å². The number of carbonyl (C=O) groups is 2. The number of hydrogen-bond donors (Lipinski definition) is 2. The lowest BCUT2D eigenvalue weighted by atomic mass is 10.0. The predicted octanol–water partition coefficient (Wildman–Crippen LogP) is 6.68. The summed E-state index contributed by atoms with van der Waals surface area (Å²) in [6.45, 7) is 10.5. The Kier molecular flexibility index (Phi) is 10.1. The lowest BCUT2D eigenvalue weighted by molar-refractivity contribution is -0.113. The van der Waals surface area contributed by atoms with Gasteiger partial charge in [-0.3, -0.25) is 9.59 Å². The number of anilines is 1. The van der Waals surface area contributed by atoms with Gasteiger partial charge in [0.2, 0.25) is 5.91 Å². The lowest BCUT2D eigenvalue weighted by Gasteiger charge is -2.23. The van der Waals surface area contributed by atoms with Gasteiger partial charge in [-0.25, -0.2) is 0 Å². The lowest BCUT2D eigenvalue weighted by Crippen LogP contribution is -2.34. The zero-order valence-electron chi connectivity index (χ0n) is 20.7. The van der Waals surface area contributed by atoms with Crippen LogP contribution in [0.1, 0.15) is 54.1 Å². The monoisotopic (exact) mass is 659 g/mol. The van der Waals surface area contributed by atoms with Gasteiger partial charge in [0.1, 0.15) is 0 Å². The zero-order chi connectivity index (χ0) is 26.6. The van der Waals surface area contributed by atoms with Crippen LogP contribution in [0.4, 0.5) is 5.69 Å². The highest BCUT2D eigenvalue weighted by atomic mass is 127. The minimum atomic E-state index is -0.406. The minimum absolute atomic E-state index is 0.0301. The van der Waals surface area contributed by atoms with E-state index in [1.807, 2.05) is 51.3 Å². The molecule has 192 valence electrons. The normalized spacial score (nSPS) is 12.0. The molecule has 0 radical (unpaired) electrons. The molecule has 3 aromatic rings. The molecule has 0 spiro atoms. The van der Waals surface area contributed by atoms with Gasteiger partial charge in [0.05, 0.1) is 22.4 Å². The second-order valence-corrected chi connectivity index (χ2v) is 11.7. The van der Waals surface area contributed by atoms with Gasteiger partial charge < -0.3 is 15.2 Å². The molecule has 1 heterocycles. The SMILES string of the molecule is CCn1c(SCC(=O)Nc2c(C)cc(I)cc2C)nnc1[C@H](NC(=O)c1ccc(Cl)cc1Cl)C(C)C. The predicted molar refractivity (Wildman–Crippen MR) is 155 cm³/mol. The Morgan fingerprint density at radius 3 is 2.36 bits per heavy atom. The van der Waals surface area contributed by atoms with Gasteiger partial charge in [-0.15, -0.1) is 10.2 Å². The van der Waals surface area contributed by atoms with Gasteiger partial charge in [0.15, 0.2) is 11.0 Å². The summed E-state index contributed by atoms with van der Waals surface area (Å²) in [5.41, 5.74) is 3.21. The summed E-state index contributed by atoms with van der Waals surface area (Å²) in [4.78, 5) is 25.7. The number of thioether (sulfide) groups is 1. The Morgan fingerprint density at radius 1 is 1.11 bits per heavy atom. The van der Waals surface area contributed by atoms with Crippen molar-refractivity contribution in [3.8, 4) is 0 Å². The van der Waals surface area contributed by atoms with Gasteiger partial charge >= 0.3 is 0 Å². The van der Waals surface area contributed by atoms with E-state index in [0.717, 1.165) is 20.4 Å². The summed E-state index contributed by atoms with van der Waals surface area (Å²) in [7, 11) is 0. The maximum Gasteiger partial charge on any atom is 0.253 e. The van der Waals surface area contributed by atoms with Crippen LogP contribution in [-0.4, -0.2) is 32.3 Å². The third-order valence-electron chi connectivity index (χ3n) is 5.56. The van der Waals surface area contributed by atoms with E-state index in [9.17, 15) is 9.59 Å². The molecule has 3 rings (SSSR count). The molecule has 7 nitrogen and oxygen atoms in total. The van der Waals surface area contributed by atoms with E-state index in [0.29, 0.717) is 28.1 Å². The molecule has 0 fully saturated rings. The van der Waals surface area contributed by atoms with Crippen LogP contribution >= 0.6 is 57.6 Å². The molecule has 2 N–H and O–H groups in total. The molecule has 0 unspecified atom stereocenters. The van der Waals surface area contributed by atoms with E-state index in [1.54, 1.807) is 12.1 Å². The number of rotatable bonds is 9. The second-order valence-electron chi connectivity index (χ2n) is 8.66. The largest absolute Gasteiger partial charge is 0.342 e. The number of halogens is 3. The van der Waals surface area contributed by atoms with Crippen molar-refractivity contribution in [2.24, 2.45) is 5.92 Å². The maximum atomic E-state index is 13.0. The molecular formula is C25H28Cl2IN5O2S. The first kappa shape index (κ1) is 28.7. The molecule has 0 saturated heterocycles. The number of aryl methyl sites for hydroxylation is 2. The Labute approximate surface area is 239 Å². The van der Waals surface area contributed by atoms with Crippen molar-refractivity contribution in [3.63, 3.8) is 0 Å². The van der Waals surface area contributed by atoms with Crippen molar-refractivity contribution in [2.75, 3.05) is 11.1 Å². The van der Waals surface area contributed by atoms with Gasteiger partial charge in [-0.2, -0.15) is 0 Å². The van der Waals surface area contributed by atoms with Crippen LogP contribution in [-0.2, 0) is 11.3 Å². The van der Waals surface area contributed by atoms with Crippen molar-refractivity contribution in [1.29, 1.82) is 0 Å². The highest BCUT2D eigenvalue weighted by molar-refractivity contribution is 14.1. The summed E-state index contributed by atoms with van der Waals surface area (Å²) >= 11 is 15.8. The van der Waals surface area contributed by atoms with E-state index >= 15 is 0 Å². The second kappa shape index (κ2) is 12.6. The molecular weight excluding hydrogens is 632 g/mol. The quantitative estimate of drug-likeness (QED) is 0.198. The molecule has 1 atom stereocenters. The first-order chi connectivity index (χ1) is 17.0. The molecule has 0 aliphatic rings. The molecule has 0 saturated carbocycles. The van der Waals surface area contributed by atoms with Crippen LogP contribution in [0.15, 0.2) is 35.5 Å². The Balaban J connectivity index is 1.75. The third-order valence-corrected chi connectivity index (χ3v) is 7.70. The Bertz CT molecular complexity index is 1260. The van der Waals surface area contributed by atoms with Gasteiger partial charge in [-0.1, -0.05) is 48.8 Å². The summed E-state index contributed by atoms with van der Waals surface area (Å²) in [6, 6.07) is 8.42. The van der Waals surface area contributed by atoms with Crippen LogP contribution in [0.25, 0.3) is 0 Å². The molecule has 0 aliphatic carbocycles. The molecule has 36 heavy (non-hydrogen) atoms. The van der Waals surface area contributed by atoms with E-state index in [1.165, 1.54) is 17.8 Å². The number of aromatic nitrogens is 3. The van der Waals surface area contributed by atoms with Crippen LogP contribution in [0.3, 0.4) is 0 Å². The number of nitrogens with zero attached hydrogens (tertiary/aromatic N) is 3.